The third-order valence-electron chi connectivity index (χ3n) is 3.23. The third-order valence-corrected chi connectivity index (χ3v) is 3.73. The topological polar surface area (TPSA) is 77.8 Å². The van der Waals surface area contributed by atoms with E-state index in [1.807, 2.05) is 31.2 Å². The number of pyridine rings is 1. The standard InChI is InChI=1S/C17H17BrN4O/c1-12-6-7-16(22-15(12)11-19)20-8-3-9-21-17(23)13-4-2-5-14(18)10-13/h2,4-7,10H,3,8-9H2,1H3,(H,20,22)(H,21,23). The van der Waals surface area contributed by atoms with E-state index in [2.05, 4.69) is 37.6 Å². The van der Waals surface area contributed by atoms with Crippen LogP contribution < -0.4 is 10.6 Å². The summed E-state index contributed by atoms with van der Waals surface area (Å²) >= 11 is 3.35. The van der Waals surface area contributed by atoms with Gasteiger partial charge in [-0.3, -0.25) is 4.79 Å². The van der Waals surface area contributed by atoms with Gasteiger partial charge < -0.3 is 10.6 Å². The van der Waals surface area contributed by atoms with Crippen LogP contribution >= 0.6 is 15.9 Å². The van der Waals surface area contributed by atoms with Gasteiger partial charge in [-0.05, 0) is 43.2 Å². The Hall–Kier alpha value is -2.39. The van der Waals surface area contributed by atoms with Crippen molar-refractivity contribution >= 4 is 27.7 Å². The van der Waals surface area contributed by atoms with E-state index in [-0.39, 0.29) is 5.91 Å². The number of nitrogens with zero attached hydrogens (tertiary/aromatic N) is 2. The molecule has 0 saturated heterocycles. The van der Waals surface area contributed by atoms with Gasteiger partial charge in [0.1, 0.15) is 17.6 Å². The van der Waals surface area contributed by atoms with Crippen LogP contribution in [0.3, 0.4) is 0 Å². The fourth-order valence-electron chi connectivity index (χ4n) is 1.98. The summed E-state index contributed by atoms with van der Waals surface area (Å²) in [5.41, 5.74) is 1.92. The van der Waals surface area contributed by atoms with Crippen LogP contribution in [0.4, 0.5) is 5.82 Å². The number of rotatable bonds is 6. The summed E-state index contributed by atoms with van der Waals surface area (Å²) in [4.78, 5) is 16.2. The van der Waals surface area contributed by atoms with Gasteiger partial charge in [0, 0.05) is 23.1 Å². The van der Waals surface area contributed by atoms with Crippen LogP contribution in [0.25, 0.3) is 0 Å². The molecule has 0 atom stereocenters. The molecule has 0 aliphatic carbocycles. The Morgan fingerprint density at radius 1 is 1.30 bits per heavy atom. The van der Waals surface area contributed by atoms with E-state index in [4.69, 9.17) is 5.26 Å². The molecule has 23 heavy (non-hydrogen) atoms. The zero-order valence-corrected chi connectivity index (χ0v) is 14.4. The van der Waals surface area contributed by atoms with Gasteiger partial charge >= 0.3 is 0 Å². The van der Waals surface area contributed by atoms with Crippen molar-refractivity contribution in [3.63, 3.8) is 0 Å². The molecule has 2 rings (SSSR count). The Morgan fingerprint density at radius 2 is 2.13 bits per heavy atom. The van der Waals surface area contributed by atoms with E-state index >= 15 is 0 Å². The largest absolute Gasteiger partial charge is 0.370 e. The molecule has 6 heteroatoms. The van der Waals surface area contributed by atoms with Crippen molar-refractivity contribution in [1.82, 2.24) is 10.3 Å². The average molecular weight is 373 g/mol. The second kappa shape index (κ2) is 8.30. The Balaban J connectivity index is 1.74. The molecule has 0 fully saturated rings. The van der Waals surface area contributed by atoms with E-state index in [1.54, 1.807) is 12.1 Å². The Kier molecular flexibility index (Phi) is 6.12. The zero-order valence-electron chi connectivity index (χ0n) is 12.8. The lowest BCUT2D eigenvalue weighted by Gasteiger charge is -2.08. The van der Waals surface area contributed by atoms with Crippen LogP contribution in [0, 0.1) is 18.3 Å². The lowest BCUT2D eigenvalue weighted by atomic mass is 10.2. The van der Waals surface area contributed by atoms with Crippen LogP contribution in [0.2, 0.25) is 0 Å². The maximum absolute atomic E-state index is 12.0. The predicted octanol–water partition coefficient (Wildman–Crippen LogP) is 3.26. The summed E-state index contributed by atoms with van der Waals surface area (Å²) in [6, 6.07) is 13.0. The Morgan fingerprint density at radius 3 is 2.87 bits per heavy atom. The molecule has 118 valence electrons. The molecular formula is C17H17BrN4O. The molecule has 1 heterocycles. The van der Waals surface area contributed by atoms with Gasteiger partial charge in [0.05, 0.1) is 0 Å². The minimum absolute atomic E-state index is 0.0912. The van der Waals surface area contributed by atoms with Gasteiger partial charge in [-0.1, -0.05) is 28.1 Å². The number of carbonyl (C=O) groups excluding carboxylic acids is 1. The second-order valence-corrected chi connectivity index (χ2v) is 5.94. The number of hydrogen-bond acceptors (Lipinski definition) is 4. The molecule has 5 nitrogen and oxygen atoms in total. The highest BCUT2D eigenvalue weighted by Gasteiger charge is 2.05. The third kappa shape index (κ3) is 5.08. The first-order valence-electron chi connectivity index (χ1n) is 7.25. The van der Waals surface area contributed by atoms with Crippen molar-refractivity contribution in [2.45, 2.75) is 13.3 Å². The van der Waals surface area contributed by atoms with Gasteiger partial charge in [0.15, 0.2) is 0 Å². The number of anilines is 1. The molecule has 0 spiro atoms. The molecule has 0 aliphatic rings. The maximum Gasteiger partial charge on any atom is 0.251 e. The molecule has 0 unspecified atom stereocenters. The van der Waals surface area contributed by atoms with Crippen LogP contribution in [0.5, 0.6) is 0 Å². The van der Waals surface area contributed by atoms with Crippen LogP contribution in [0.15, 0.2) is 40.9 Å². The first kappa shape index (κ1) is 17.0. The summed E-state index contributed by atoms with van der Waals surface area (Å²) < 4.78 is 0.880. The lowest BCUT2D eigenvalue weighted by molar-refractivity contribution is 0.0953. The van der Waals surface area contributed by atoms with E-state index in [1.165, 1.54) is 0 Å². The zero-order chi connectivity index (χ0) is 16.7. The molecule has 0 bridgehead atoms. The quantitative estimate of drug-likeness (QED) is 0.762. The van der Waals surface area contributed by atoms with Crippen molar-refractivity contribution in [1.29, 1.82) is 5.26 Å². The number of benzene rings is 1. The van der Waals surface area contributed by atoms with Gasteiger partial charge in [0.25, 0.3) is 5.91 Å². The molecule has 1 aromatic carbocycles. The number of nitrogens with one attached hydrogen (secondary N) is 2. The minimum Gasteiger partial charge on any atom is -0.370 e. The van der Waals surface area contributed by atoms with Crippen LogP contribution in [-0.4, -0.2) is 24.0 Å². The van der Waals surface area contributed by atoms with E-state index < -0.39 is 0 Å². The molecule has 0 radical (unpaired) electrons. The van der Waals surface area contributed by atoms with E-state index in [0.717, 1.165) is 16.5 Å². The number of halogens is 1. The van der Waals surface area contributed by atoms with Crippen LogP contribution in [0.1, 0.15) is 28.0 Å². The fraction of sp³-hybridized carbons (Fsp3) is 0.235. The molecule has 2 aromatic rings. The van der Waals surface area contributed by atoms with E-state index in [9.17, 15) is 4.79 Å². The SMILES string of the molecule is Cc1ccc(NCCCNC(=O)c2cccc(Br)c2)nc1C#N. The minimum atomic E-state index is -0.0912. The smallest absolute Gasteiger partial charge is 0.251 e. The van der Waals surface area contributed by atoms with Gasteiger partial charge in [-0.15, -0.1) is 0 Å². The first-order chi connectivity index (χ1) is 11.1. The first-order valence-corrected chi connectivity index (χ1v) is 8.05. The van der Waals surface area contributed by atoms with Gasteiger partial charge in [-0.2, -0.15) is 5.26 Å². The van der Waals surface area contributed by atoms with Crippen molar-refractivity contribution in [2.75, 3.05) is 18.4 Å². The summed E-state index contributed by atoms with van der Waals surface area (Å²) in [5.74, 6) is 0.581. The van der Waals surface area contributed by atoms with Gasteiger partial charge in [0.2, 0.25) is 0 Å². The fourth-order valence-corrected chi connectivity index (χ4v) is 2.38. The highest BCUT2D eigenvalue weighted by Crippen LogP contribution is 2.11. The number of amides is 1. The van der Waals surface area contributed by atoms with Crippen molar-refractivity contribution in [3.05, 3.63) is 57.7 Å². The van der Waals surface area contributed by atoms with Crippen molar-refractivity contribution in [2.24, 2.45) is 0 Å². The van der Waals surface area contributed by atoms with Crippen molar-refractivity contribution in [3.8, 4) is 6.07 Å². The molecule has 1 amide bonds. The summed E-state index contributed by atoms with van der Waals surface area (Å²) in [5, 5.41) is 15.0. The number of aromatic nitrogens is 1. The highest BCUT2D eigenvalue weighted by molar-refractivity contribution is 9.10. The van der Waals surface area contributed by atoms with Crippen LogP contribution in [-0.2, 0) is 0 Å². The monoisotopic (exact) mass is 372 g/mol. The summed E-state index contributed by atoms with van der Waals surface area (Å²) in [7, 11) is 0. The summed E-state index contributed by atoms with van der Waals surface area (Å²) in [6.07, 6.45) is 0.761. The second-order valence-electron chi connectivity index (χ2n) is 5.02. The maximum atomic E-state index is 12.0. The normalized spacial score (nSPS) is 9.96. The number of hydrogen-bond donors (Lipinski definition) is 2. The van der Waals surface area contributed by atoms with E-state index in [0.29, 0.717) is 30.2 Å². The number of aryl methyl sites for hydroxylation is 1. The molecule has 0 saturated carbocycles. The number of carbonyl (C=O) groups is 1. The average Bonchev–Trinajstić information content (AvgIpc) is 2.55. The Bertz CT molecular complexity index is 740. The van der Waals surface area contributed by atoms with Gasteiger partial charge in [-0.25, -0.2) is 4.98 Å². The van der Waals surface area contributed by atoms with Crippen molar-refractivity contribution < 1.29 is 4.79 Å². The molecular weight excluding hydrogens is 356 g/mol. The molecule has 1 aromatic heterocycles. The summed E-state index contributed by atoms with van der Waals surface area (Å²) in [6.45, 7) is 3.09. The molecule has 2 N–H and O–H groups in total. The molecule has 0 aliphatic heterocycles. The highest BCUT2D eigenvalue weighted by atomic mass is 79.9. The Labute approximate surface area is 143 Å². The predicted molar refractivity (Wildman–Crippen MR) is 93.3 cm³/mol. The lowest BCUT2D eigenvalue weighted by Crippen LogP contribution is -2.25. The number of nitriles is 1.